The van der Waals surface area contributed by atoms with Crippen molar-refractivity contribution in [3.63, 3.8) is 0 Å². The molecular formula is C21H25N3O2. The normalized spacial score (nSPS) is 12.4. The van der Waals surface area contributed by atoms with Crippen LogP contribution in [0.2, 0.25) is 0 Å². The Morgan fingerprint density at radius 2 is 1.88 bits per heavy atom. The summed E-state index contributed by atoms with van der Waals surface area (Å²) in [5.41, 5.74) is 2.70. The van der Waals surface area contributed by atoms with Crippen LogP contribution in [0.1, 0.15) is 31.3 Å². The molecule has 0 aliphatic heterocycles. The number of hydrogen-bond donors (Lipinski definition) is 1. The molecule has 0 spiro atoms. The summed E-state index contributed by atoms with van der Waals surface area (Å²) in [5.74, 6) is 0.714. The van der Waals surface area contributed by atoms with Gasteiger partial charge in [0.25, 0.3) is 5.56 Å². The second-order valence-corrected chi connectivity index (χ2v) is 6.28. The molecule has 1 aromatic heterocycles. The summed E-state index contributed by atoms with van der Waals surface area (Å²) in [5, 5.41) is 4.02. The maximum Gasteiger partial charge on any atom is 0.266 e. The Balaban J connectivity index is 2.23. The monoisotopic (exact) mass is 351 g/mol. The number of para-hydroxylation sites is 2. The van der Waals surface area contributed by atoms with E-state index in [4.69, 9.17) is 9.72 Å². The van der Waals surface area contributed by atoms with Crippen LogP contribution in [0.3, 0.4) is 0 Å². The van der Waals surface area contributed by atoms with Gasteiger partial charge in [0.2, 0.25) is 0 Å². The van der Waals surface area contributed by atoms with Crippen LogP contribution >= 0.6 is 0 Å². The van der Waals surface area contributed by atoms with Crippen LogP contribution in [0, 0.1) is 0 Å². The number of nitrogens with zero attached hydrogens (tertiary/aromatic N) is 2. The molecule has 3 rings (SSSR count). The van der Waals surface area contributed by atoms with Gasteiger partial charge in [0.1, 0.15) is 5.82 Å². The van der Waals surface area contributed by atoms with E-state index in [1.807, 2.05) is 49.4 Å². The minimum atomic E-state index is -0.0904. The Bertz CT molecular complexity index is 949. The first-order chi connectivity index (χ1) is 12.7. The predicted octanol–water partition coefficient (Wildman–Crippen LogP) is 3.25. The van der Waals surface area contributed by atoms with Crippen molar-refractivity contribution >= 4 is 10.9 Å². The first-order valence-corrected chi connectivity index (χ1v) is 8.99. The van der Waals surface area contributed by atoms with Gasteiger partial charge in [-0.1, -0.05) is 37.3 Å². The minimum Gasteiger partial charge on any atom is -0.383 e. The molecule has 3 aromatic rings. The Labute approximate surface area is 153 Å². The van der Waals surface area contributed by atoms with Crippen molar-refractivity contribution in [2.75, 3.05) is 20.3 Å². The summed E-state index contributed by atoms with van der Waals surface area (Å²) in [6, 6.07) is 15.4. The van der Waals surface area contributed by atoms with E-state index in [-0.39, 0.29) is 11.6 Å². The van der Waals surface area contributed by atoms with E-state index in [2.05, 4.69) is 18.3 Å². The number of fused-ring (bicyclic) bond motifs is 1. The SMILES string of the molecule is CCc1ccccc1-n1c([C@@H](C)NCCOC)nc2ccccc2c1=O. The van der Waals surface area contributed by atoms with Crippen LogP contribution in [0.25, 0.3) is 16.6 Å². The van der Waals surface area contributed by atoms with Crippen molar-refractivity contribution in [1.82, 2.24) is 14.9 Å². The zero-order chi connectivity index (χ0) is 18.5. The second-order valence-electron chi connectivity index (χ2n) is 6.28. The van der Waals surface area contributed by atoms with E-state index < -0.39 is 0 Å². The molecule has 0 saturated heterocycles. The fraction of sp³-hybridized carbons (Fsp3) is 0.333. The van der Waals surface area contributed by atoms with Gasteiger partial charge in [0.05, 0.1) is 29.2 Å². The first kappa shape index (κ1) is 18.3. The molecule has 0 unspecified atom stereocenters. The smallest absolute Gasteiger partial charge is 0.266 e. The summed E-state index contributed by atoms with van der Waals surface area (Å²) in [4.78, 5) is 18.1. The topological polar surface area (TPSA) is 56.1 Å². The lowest BCUT2D eigenvalue weighted by molar-refractivity contribution is 0.196. The molecule has 5 heteroatoms. The Kier molecular flexibility index (Phi) is 5.81. The molecule has 1 N–H and O–H groups in total. The highest BCUT2D eigenvalue weighted by Gasteiger charge is 2.18. The van der Waals surface area contributed by atoms with Gasteiger partial charge in [-0.05, 0) is 37.1 Å². The molecule has 0 fully saturated rings. The minimum absolute atomic E-state index is 0.0353. The standard InChI is InChI=1S/C21H25N3O2/c1-4-16-9-5-8-12-19(16)24-20(15(2)22-13-14-26-3)23-18-11-7-6-10-17(18)21(24)25/h5-12,15,22H,4,13-14H2,1-3H3/t15-/m1/s1. The van der Waals surface area contributed by atoms with Crippen LogP contribution in [0.15, 0.2) is 53.3 Å². The third-order valence-corrected chi connectivity index (χ3v) is 4.56. The van der Waals surface area contributed by atoms with Crippen molar-refractivity contribution in [2.45, 2.75) is 26.3 Å². The molecule has 2 aromatic carbocycles. The van der Waals surface area contributed by atoms with Gasteiger partial charge < -0.3 is 10.1 Å². The third-order valence-electron chi connectivity index (χ3n) is 4.56. The fourth-order valence-corrected chi connectivity index (χ4v) is 3.17. The highest BCUT2D eigenvalue weighted by molar-refractivity contribution is 5.78. The summed E-state index contributed by atoms with van der Waals surface area (Å²) in [6.07, 6.45) is 0.848. The molecule has 136 valence electrons. The van der Waals surface area contributed by atoms with Crippen molar-refractivity contribution in [2.24, 2.45) is 0 Å². The summed E-state index contributed by atoms with van der Waals surface area (Å²) in [6.45, 7) is 5.42. The van der Waals surface area contributed by atoms with Gasteiger partial charge in [-0.25, -0.2) is 4.98 Å². The molecule has 0 aliphatic carbocycles. The molecule has 26 heavy (non-hydrogen) atoms. The molecule has 0 amide bonds. The second kappa shape index (κ2) is 8.25. The van der Waals surface area contributed by atoms with Gasteiger partial charge in [0.15, 0.2) is 0 Å². The highest BCUT2D eigenvalue weighted by atomic mass is 16.5. The van der Waals surface area contributed by atoms with Gasteiger partial charge in [-0.3, -0.25) is 9.36 Å². The average Bonchev–Trinajstić information content (AvgIpc) is 2.68. The molecule has 1 heterocycles. The fourth-order valence-electron chi connectivity index (χ4n) is 3.17. The third kappa shape index (κ3) is 3.54. The summed E-state index contributed by atoms with van der Waals surface area (Å²) >= 11 is 0. The summed E-state index contributed by atoms with van der Waals surface area (Å²) < 4.78 is 6.88. The number of rotatable bonds is 7. The lowest BCUT2D eigenvalue weighted by atomic mass is 10.1. The number of hydrogen-bond acceptors (Lipinski definition) is 4. The van der Waals surface area contributed by atoms with E-state index >= 15 is 0 Å². The van der Waals surface area contributed by atoms with Gasteiger partial charge in [-0.15, -0.1) is 0 Å². The Morgan fingerprint density at radius 3 is 2.65 bits per heavy atom. The van der Waals surface area contributed by atoms with Crippen molar-refractivity contribution in [3.8, 4) is 5.69 Å². The number of nitrogens with one attached hydrogen (secondary N) is 1. The van der Waals surface area contributed by atoms with E-state index in [1.165, 1.54) is 0 Å². The Morgan fingerprint density at radius 1 is 1.15 bits per heavy atom. The van der Waals surface area contributed by atoms with E-state index in [1.54, 1.807) is 11.7 Å². The van der Waals surface area contributed by atoms with Gasteiger partial charge in [0, 0.05) is 13.7 Å². The zero-order valence-electron chi connectivity index (χ0n) is 15.5. The van der Waals surface area contributed by atoms with Crippen molar-refractivity contribution in [3.05, 3.63) is 70.3 Å². The largest absolute Gasteiger partial charge is 0.383 e. The molecule has 0 bridgehead atoms. The van der Waals surface area contributed by atoms with Gasteiger partial charge >= 0.3 is 0 Å². The predicted molar refractivity (Wildman–Crippen MR) is 105 cm³/mol. The molecular weight excluding hydrogens is 326 g/mol. The molecule has 0 saturated carbocycles. The van der Waals surface area contributed by atoms with E-state index in [0.717, 1.165) is 23.2 Å². The molecule has 5 nitrogen and oxygen atoms in total. The molecule has 0 radical (unpaired) electrons. The Hall–Kier alpha value is -2.50. The van der Waals surface area contributed by atoms with Crippen molar-refractivity contribution in [1.29, 1.82) is 0 Å². The average molecular weight is 351 g/mol. The first-order valence-electron chi connectivity index (χ1n) is 8.99. The van der Waals surface area contributed by atoms with E-state index in [9.17, 15) is 4.79 Å². The van der Waals surface area contributed by atoms with Crippen LogP contribution in [-0.2, 0) is 11.2 Å². The maximum atomic E-state index is 13.3. The maximum absolute atomic E-state index is 13.3. The lowest BCUT2D eigenvalue weighted by Crippen LogP contribution is -2.32. The molecule has 0 aliphatic rings. The van der Waals surface area contributed by atoms with E-state index in [0.29, 0.717) is 24.4 Å². The number of methoxy groups -OCH3 is 1. The van der Waals surface area contributed by atoms with Crippen LogP contribution in [0.5, 0.6) is 0 Å². The number of aromatic nitrogens is 2. The van der Waals surface area contributed by atoms with Crippen LogP contribution < -0.4 is 10.9 Å². The molecule has 1 atom stereocenters. The quantitative estimate of drug-likeness (QED) is 0.664. The van der Waals surface area contributed by atoms with Crippen LogP contribution in [-0.4, -0.2) is 29.8 Å². The van der Waals surface area contributed by atoms with Crippen LogP contribution in [0.4, 0.5) is 0 Å². The lowest BCUT2D eigenvalue weighted by Gasteiger charge is -2.21. The highest BCUT2D eigenvalue weighted by Crippen LogP contribution is 2.20. The summed E-state index contributed by atoms with van der Waals surface area (Å²) in [7, 11) is 1.67. The number of benzene rings is 2. The van der Waals surface area contributed by atoms with Gasteiger partial charge in [-0.2, -0.15) is 0 Å². The zero-order valence-corrected chi connectivity index (χ0v) is 15.5. The van der Waals surface area contributed by atoms with Crippen molar-refractivity contribution < 1.29 is 4.74 Å². The number of ether oxygens (including phenoxy) is 1. The number of aryl methyl sites for hydroxylation is 1.